The van der Waals surface area contributed by atoms with E-state index < -0.39 is 5.97 Å². The van der Waals surface area contributed by atoms with Crippen LogP contribution in [0.1, 0.15) is 65.2 Å². The van der Waals surface area contributed by atoms with E-state index in [2.05, 4.69) is 28.9 Å². The van der Waals surface area contributed by atoms with E-state index in [4.69, 9.17) is 4.74 Å². The number of aryl methyl sites for hydroxylation is 1. The third kappa shape index (κ3) is 3.79. The lowest BCUT2D eigenvalue weighted by atomic mass is 9.70. The van der Waals surface area contributed by atoms with Crippen molar-refractivity contribution in [3.05, 3.63) is 64.8 Å². The third-order valence-corrected chi connectivity index (χ3v) is 7.81. The smallest absolute Gasteiger partial charge is 0.335 e. The number of rotatable bonds is 6. The molecule has 1 saturated heterocycles. The van der Waals surface area contributed by atoms with Crippen LogP contribution in [0.5, 0.6) is 5.75 Å². The summed E-state index contributed by atoms with van der Waals surface area (Å²) in [5.41, 5.74) is 5.16. The lowest BCUT2D eigenvalue weighted by molar-refractivity contribution is 0.0555. The molecule has 1 aliphatic carbocycles. The van der Waals surface area contributed by atoms with Crippen LogP contribution >= 0.6 is 0 Å². The van der Waals surface area contributed by atoms with Crippen molar-refractivity contribution < 1.29 is 14.6 Å². The van der Waals surface area contributed by atoms with Gasteiger partial charge in [0.15, 0.2) is 0 Å². The number of aromatic amines is 1. The van der Waals surface area contributed by atoms with Crippen LogP contribution < -0.4 is 4.74 Å². The van der Waals surface area contributed by atoms with Crippen molar-refractivity contribution >= 4 is 16.9 Å². The van der Waals surface area contributed by atoms with Crippen molar-refractivity contribution in [1.29, 1.82) is 0 Å². The fraction of sp³-hybridized carbons (Fsp3) is 0.444. The highest BCUT2D eigenvalue weighted by molar-refractivity contribution is 5.88. The van der Waals surface area contributed by atoms with Gasteiger partial charge in [-0.3, -0.25) is 4.90 Å². The predicted molar refractivity (Wildman–Crippen MR) is 126 cm³/mol. The van der Waals surface area contributed by atoms with Crippen molar-refractivity contribution in [3.63, 3.8) is 0 Å². The Labute approximate surface area is 189 Å². The summed E-state index contributed by atoms with van der Waals surface area (Å²) in [5.74, 6) is 1.69. The quantitative estimate of drug-likeness (QED) is 0.506. The Morgan fingerprint density at radius 3 is 2.59 bits per heavy atom. The molecule has 2 heterocycles. The van der Waals surface area contributed by atoms with Crippen LogP contribution in [0, 0.1) is 18.8 Å². The first-order valence-electron chi connectivity index (χ1n) is 11.8. The van der Waals surface area contributed by atoms with Crippen LogP contribution in [-0.2, 0) is 6.54 Å². The summed E-state index contributed by atoms with van der Waals surface area (Å²) >= 11 is 0. The van der Waals surface area contributed by atoms with Gasteiger partial charge < -0.3 is 14.8 Å². The molecule has 1 aromatic heterocycles. The number of carbonyl (C=O) groups is 1. The number of nitrogens with one attached hydrogen (secondary N) is 1. The summed E-state index contributed by atoms with van der Waals surface area (Å²) in [5, 5.41) is 10.5. The van der Waals surface area contributed by atoms with E-state index in [1.807, 2.05) is 18.3 Å². The van der Waals surface area contributed by atoms with Crippen LogP contribution in [-0.4, -0.2) is 34.6 Å². The number of carboxylic acid groups (broad SMARTS) is 1. The number of H-pyrrole nitrogens is 1. The summed E-state index contributed by atoms with van der Waals surface area (Å²) in [6.07, 6.45) is 8.48. The molecular formula is C27H32N2O3. The molecule has 2 N–H and O–H groups in total. The zero-order valence-electron chi connectivity index (χ0n) is 18.9. The van der Waals surface area contributed by atoms with Gasteiger partial charge >= 0.3 is 5.97 Å². The first-order chi connectivity index (χ1) is 15.5. The van der Waals surface area contributed by atoms with Gasteiger partial charge in [-0.1, -0.05) is 31.4 Å². The number of methoxy groups -OCH3 is 1. The van der Waals surface area contributed by atoms with Gasteiger partial charge in [0, 0.05) is 35.2 Å². The van der Waals surface area contributed by atoms with Crippen LogP contribution in [0.4, 0.5) is 0 Å². The first-order valence-corrected chi connectivity index (χ1v) is 11.8. The Morgan fingerprint density at radius 1 is 1.16 bits per heavy atom. The van der Waals surface area contributed by atoms with Gasteiger partial charge in [-0.2, -0.15) is 0 Å². The highest BCUT2D eigenvalue weighted by atomic mass is 16.5. The first kappa shape index (κ1) is 21.1. The van der Waals surface area contributed by atoms with Gasteiger partial charge in [-0.25, -0.2) is 4.79 Å². The molecule has 1 aliphatic heterocycles. The topological polar surface area (TPSA) is 65.6 Å². The minimum atomic E-state index is -0.872. The molecule has 5 heteroatoms. The molecule has 2 aliphatic rings. The fourth-order valence-electron chi connectivity index (χ4n) is 5.75. The molecule has 0 spiro atoms. The summed E-state index contributed by atoms with van der Waals surface area (Å²) in [6, 6.07) is 12.1. The highest BCUT2D eigenvalue weighted by Crippen LogP contribution is 2.45. The average Bonchev–Trinajstić information content (AvgIpc) is 3.26. The number of aromatic nitrogens is 1. The van der Waals surface area contributed by atoms with Crippen LogP contribution in [0.15, 0.2) is 42.6 Å². The van der Waals surface area contributed by atoms with Crippen LogP contribution in [0.3, 0.4) is 0 Å². The van der Waals surface area contributed by atoms with E-state index in [0.717, 1.165) is 37.1 Å². The summed E-state index contributed by atoms with van der Waals surface area (Å²) in [7, 11) is 1.75. The largest absolute Gasteiger partial charge is 0.496 e. The molecular weight excluding hydrogens is 400 g/mol. The molecule has 5 rings (SSSR count). The third-order valence-electron chi connectivity index (χ3n) is 7.81. The number of fused-ring (bicyclic) bond motifs is 1. The number of hydrogen-bond acceptors (Lipinski definition) is 3. The number of ether oxygens (including phenoxy) is 1. The van der Waals surface area contributed by atoms with Gasteiger partial charge in [0.1, 0.15) is 5.75 Å². The molecule has 2 atom stereocenters. The number of aromatic carboxylic acids is 1. The molecule has 3 aromatic rings. The number of hydrogen-bond donors (Lipinski definition) is 2. The molecule has 2 fully saturated rings. The molecule has 32 heavy (non-hydrogen) atoms. The van der Waals surface area contributed by atoms with Crippen molar-refractivity contribution in [3.8, 4) is 5.75 Å². The van der Waals surface area contributed by atoms with Gasteiger partial charge in [0.05, 0.1) is 12.7 Å². The molecule has 0 unspecified atom stereocenters. The molecule has 0 amide bonds. The Morgan fingerprint density at radius 2 is 1.94 bits per heavy atom. The highest BCUT2D eigenvalue weighted by Gasteiger charge is 2.36. The van der Waals surface area contributed by atoms with Gasteiger partial charge in [-0.15, -0.1) is 0 Å². The molecule has 0 radical (unpaired) electrons. The second kappa shape index (κ2) is 8.62. The average molecular weight is 433 g/mol. The van der Waals surface area contributed by atoms with Crippen molar-refractivity contribution in [2.24, 2.45) is 11.8 Å². The van der Waals surface area contributed by atoms with Gasteiger partial charge in [0.25, 0.3) is 0 Å². The normalized spacial score (nSPS) is 22.1. The number of piperidine rings is 1. The molecule has 5 nitrogen and oxygen atoms in total. The number of nitrogens with zero attached hydrogens (tertiary/aromatic N) is 1. The summed E-state index contributed by atoms with van der Waals surface area (Å²) in [4.78, 5) is 17.3. The Hall–Kier alpha value is -2.79. The molecule has 2 aromatic carbocycles. The van der Waals surface area contributed by atoms with Gasteiger partial charge in [0.2, 0.25) is 0 Å². The fourth-order valence-corrected chi connectivity index (χ4v) is 5.75. The van der Waals surface area contributed by atoms with E-state index in [1.54, 1.807) is 19.2 Å². The SMILES string of the molecule is COc1cc(C)c2[nH]ccc2c1CN1CC[C@@H](C2CCC2)C[C@@H]1c1ccc(C(=O)O)cc1. The van der Waals surface area contributed by atoms with Crippen molar-refractivity contribution in [2.45, 2.75) is 51.6 Å². The Balaban J connectivity index is 1.49. The second-order valence-corrected chi connectivity index (χ2v) is 9.53. The van der Waals surface area contributed by atoms with Crippen molar-refractivity contribution in [2.75, 3.05) is 13.7 Å². The maximum Gasteiger partial charge on any atom is 0.335 e. The van der Waals surface area contributed by atoms with E-state index >= 15 is 0 Å². The summed E-state index contributed by atoms with van der Waals surface area (Å²) < 4.78 is 5.81. The lowest BCUT2D eigenvalue weighted by Crippen LogP contribution is -2.39. The van der Waals surface area contributed by atoms with Crippen LogP contribution in [0.2, 0.25) is 0 Å². The minimum Gasteiger partial charge on any atom is -0.496 e. The van der Waals surface area contributed by atoms with Gasteiger partial charge in [-0.05, 0) is 73.5 Å². The van der Waals surface area contributed by atoms with Crippen LogP contribution in [0.25, 0.3) is 10.9 Å². The Bertz CT molecular complexity index is 1110. The predicted octanol–water partition coefficient (Wildman–Crippen LogP) is 5.94. The monoisotopic (exact) mass is 432 g/mol. The van der Waals surface area contributed by atoms with E-state index in [-0.39, 0.29) is 6.04 Å². The summed E-state index contributed by atoms with van der Waals surface area (Å²) in [6.45, 7) is 3.98. The van der Waals surface area contributed by atoms with E-state index in [9.17, 15) is 9.90 Å². The minimum absolute atomic E-state index is 0.289. The molecule has 168 valence electrons. The molecule has 1 saturated carbocycles. The standard InChI is InChI=1S/C27H32N2O3/c1-17-14-25(32-2)23(22-10-12-28-26(17)22)16-29-13-11-21(18-4-3-5-18)15-24(29)19-6-8-20(9-7-19)27(30)31/h6-10,12,14,18,21,24,28H,3-5,11,13,15-16H2,1-2H3,(H,30,31)/t21-,24-/m1/s1. The molecule has 0 bridgehead atoms. The zero-order valence-corrected chi connectivity index (χ0v) is 18.9. The maximum absolute atomic E-state index is 11.4. The second-order valence-electron chi connectivity index (χ2n) is 9.53. The van der Waals surface area contributed by atoms with Crippen molar-refractivity contribution in [1.82, 2.24) is 9.88 Å². The number of carboxylic acids is 1. The number of likely N-dealkylation sites (tertiary alicyclic amines) is 1. The lowest BCUT2D eigenvalue weighted by Gasteiger charge is -2.45. The maximum atomic E-state index is 11.4. The van der Waals surface area contributed by atoms with E-state index in [0.29, 0.717) is 5.56 Å². The zero-order chi connectivity index (χ0) is 22.2. The Kier molecular flexibility index (Phi) is 5.68. The van der Waals surface area contributed by atoms with E-state index in [1.165, 1.54) is 53.3 Å². The number of benzene rings is 2.